The van der Waals surface area contributed by atoms with E-state index < -0.39 is 0 Å². The predicted octanol–water partition coefficient (Wildman–Crippen LogP) is 3.01. The highest BCUT2D eigenvalue weighted by atomic mass is 16.5. The average Bonchev–Trinajstić information content (AvgIpc) is 3.07. The average molecular weight is 308 g/mol. The van der Waals surface area contributed by atoms with E-state index in [0.29, 0.717) is 18.2 Å². The molecule has 0 radical (unpaired) electrons. The van der Waals surface area contributed by atoms with Crippen LogP contribution in [0.5, 0.6) is 5.75 Å². The number of ether oxygens (including phenoxy) is 1. The number of anilines is 1. The topological polar surface area (TPSA) is 79.9 Å². The second kappa shape index (κ2) is 6.74. The molecule has 1 amide bonds. The van der Waals surface area contributed by atoms with Gasteiger partial charge in [0, 0.05) is 12.6 Å². The van der Waals surface area contributed by atoms with Gasteiger partial charge in [-0.3, -0.25) is 9.89 Å². The number of para-hydroxylation sites is 1. The van der Waals surface area contributed by atoms with Crippen LogP contribution < -0.4 is 10.1 Å². The SMILES string of the molecule is CC(=O)Nc1cccc(COc2ccccc2-c2ncn[nH]2)c1. The smallest absolute Gasteiger partial charge is 0.221 e. The molecule has 23 heavy (non-hydrogen) atoms. The van der Waals surface area contributed by atoms with E-state index >= 15 is 0 Å². The minimum Gasteiger partial charge on any atom is -0.488 e. The number of benzene rings is 2. The van der Waals surface area contributed by atoms with Crippen LogP contribution in [0.3, 0.4) is 0 Å². The number of H-pyrrole nitrogens is 1. The van der Waals surface area contributed by atoms with E-state index in [4.69, 9.17) is 4.74 Å². The van der Waals surface area contributed by atoms with Gasteiger partial charge in [-0.05, 0) is 29.8 Å². The largest absolute Gasteiger partial charge is 0.488 e. The summed E-state index contributed by atoms with van der Waals surface area (Å²) in [5.74, 6) is 1.28. The van der Waals surface area contributed by atoms with Crippen LogP contribution in [0.1, 0.15) is 12.5 Å². The fourth-order valence-electron chi connectivity index (χ4n) is 2.23. The quantitative estimate of drug-likeness (QED) is 0.759. The highest BCUT2D eigenvalue weighted by Crippen LogP contribution is 2.27. The molecule has 2 aromatic carbocycles. The summed E-state index contributed by atoms with van der Waals surface area (Å²) in [5, 5.41) is 9.46. The van der Waals surface area contributed by atoms with Crippen LogP contribution in [0.2, 0.25) is 0 Å². The zero-order valence-corrected chi connectivity index (χ0v) is 12.6. The van der Waals surface area contributed by atoms with Crippen molar-refractivity contribution in [2.75, 3.05) is 5.32 Å². The molecule has 0 atom stereocenters. The number of aromatic amines is 1. The third-order valence-electron chi connectivity index (χ3n) is 3.20. The molecule has 6 heteroatoms. The Bertz CT molecular complexity index is 800. The van der Waals surface area contributed by atoms with Gasteiger partial charge in [0.2, 0.25) is 5.91 Å². The van der Waals surface area contributed by atoms with Crippen molar-refractivity contribution in [3.05, 3.63) is 60.4 Å². The molecule has 0 spiro atoms. The summed E-state index contributed by atoms with van der Waals surface area (Å²) in [6.07, 6.45) is 1.46. The molecule has 1 heterocycles. The van der Waals surface area contributed by atoms with Crippen LogP contribution >= 0.6 is 0 Å². The molecular formula is C17H16N4O2. The summed E-state index contributed by atoms with van der Waals surface area (Å²) in [6.45, 7) is 1.87. The molecule has 0 aliphatic heterocycles. The van der Waals surface area contributed by atoms with Gasteiger partial charge in [-0.15, -0.1) is 0 Å². The Morgan fingerprint density at radius 3 is 2.87 bits per heavy atom. The van der Waals surface area contributed by atoms with E-state index in [1.165, 1.54) is 13.3 Å². The summed E-state index contributed by atoms with van der Waals surface area (Å²) >= 11 is 0. The Hall–Kier alpha value is -3.15. The van der Waals surface area contributed by atoms with Gasteiger partial charge in [-0.1, -0.05) is 24.3 Å². The highest BCUT2D eigenvalue weighted by Gasteiger charge is 2.08. The van der Waals surface area contributed by atoms with E-state index in [2.05, 4.69) is 20.5 Å². The number of hydrogen-bond acceptors (Lipinski definition) is 4. The Kier molecular flexibility index (Phi) is 4.33. The van der Waals surface area contributed by atoms with Gasteiger partial charge in [0.1, 0.15) is 18.7 Å². The number of nitrogens with one attached hydrogen (secondary N) is 2. The number of nitrogens with zero attached hydrogens (tertiary/aromatic N) is 2. The van der Waals surface area contributed by atoms with Crippen LogP contribution in [0, 0.1) is 0 Å². The van der Waals surface area contributed by atoms with E-state index in [0.717, 1.165) is 16.8 Å². The third kappa shape index (κ3) is 3.74. The number of carbonyl (C=O) groups is 1. The Morgan fingerprint density at radius 2 is 2.09 bits per heavy atom. The maximum absolute atomic E-state index is 11.1. The second-order valence-corrected chi connectivity index (χ2v) is 5.00. The van der Waals surface area contributed by atoms with Gasteiger partial charge in [0.15, 0.2) is 5.82 Å². The number of rotatable bonds is 5. The molecule has 3 rings (SSSR count). The maximum Gasteiger partial charge on any atom is 0.221 e. The highest BCUT2D eigenvalue weighted by molar-refractivity contribution is 5.88. The van der Waals surface area contributed by atoms with Crippen molar-refractivity contribution >= 4 is 11.6 Å². The summed E-state index contributed by atoms with van der Waals surface area (Å²) < 4.78 is 5.91. The van der Waals surface area contributed by atoms with E-state index in [9.17, 15) is 4.79 Å². The summed E-state index contributed by atoms with van der Waals surface area (Å²) in [7, 11) is 0. The molecule has 2 N–H and O–H groups in total. The number of hydrogen-bond donors (Lipinski definition) is 2. The molecule has 0 saturated carbocycles. The Balaban J connectivity index is 1.75. The van der Waals surface area contributed by atoms with Gasteiger partial charge < -0.3 is 10.1 Å². The summed E-state index contributed by atoms with van der Waals surface area (Å²) in [5.41, 5.74) is 2.56. The maximum atomic E-state index is 11.1. The first kappa shape index (κ1) is 14.8. The standard InChI is InChI=1S/C17H16N4O2/c1-12(22)20-14-6-4-5-13(9-14)10-23-16-8-3-2-7-15(16)17-18-11-19-21-17/h2-9,11H,10H2,1H3,(H,20,22)(H,18,19,21). The van der Waals surface area contributed by atoms with Gasteiger partial charge in [-0.2, -0.15) is 5.10 Å². The first-order valence-electron chi connectivity index (χ1n) is 7.16. The van der Waals surface area contributed by atoms with Crippen molar-refractivity contribution in [3.8, 4) is 17.1 Å². The van der Waals surface area contributed by atoms with Crippen LogP contribution in [0.4, 0.5) is 5.69 Å². The van der Waals surface area contributed by atoms with Crippen LogP contribution in [0.25, 0.3) is 11.4 Å². The van der Waals surface area contributed by atoms with Gasteiger partial charge in [0.05, 0.1) is 5.56 Å². The van der Waals surface area contributed by atoms with Crippen LogP contribution in [-0.2, 0) is 11.4 Å². The molecule has 1 aromatic heterocycles. The Morgan fingerprint density at radius 1 is 1.22 bits per heavy atom. The van der Waals surface area contributed by atoms with Crippen LogP contribution in [0.15, 0.2) is 54.9 Å². The lowest BCUT2D eigenvalue weighted by Crippen LogP contribution is -2.06. The summed E-state index contributed by atoms with van der Waals surface area (Å²) in [4.78, 5) is 15.3. The van der Waals surface area contributed by atoms with Crippen LogP contribution in [-0.4, -0.2) is 21.1 Å². The molecule has 0 saturated heterocycles. The molecular weight excluding hydrogens is 292 g/mol. The zero-order chi connectivity index (χ0) is 16.1. The second-order valence-electron chi connectivity index (χ2n) is 5.00. The Labute approximate surface area is 133 Å². The lowest BCUT2D eigenvalue weighted by atomic mass is 10.2. The van der Waals surface area contributed by atoms with Crippen molar-refractivity contribution in [1.82, 2.24) is 15.2 Å². The molecule has 0 fully saturated rings. The minimum absolute atomic E-state index is 0.0984. The van der Waals surface area contributed by atoms with Gasteiger partial charge in [0.25, 0.3) is 0 Å². The molecule has 0 unspecified atom stereocenters. The molecule has 0 aliphatic rings. The van der Waals surface area contributed by atoms with Crippen molar-refractivity contribution in [3.63, 3.8) is 0 Å². The van der Waals surface area contributed by atoms with E-state index in [-0.39, 0.29) is 5.91 Å². The molecule has 116 valence electrons. The first-order chi connectivity index (χ1) is 11.2. The summed E-state index contributed by atoms with van der Waals surface area (Å²) in [6, 6.07) is 15.2. The van der Waals surface area contributed by atoms with Gasteiger partial charge >= 0.3 is 0 Å². The van der Waals surface area contributed by atoms with Crippen molar-refractivity contribution < 1.29 is 9.53 Å². The zero-order valence-electron chi connectivity index (χ0n) is 12.6. The minimum atomic E-state index is -0.0984. The molecule has 0 aliphatic carbocycles. The lowest BCUT2D eigenvalue weighted by Gasteiger charge is -2.11. The molecule has 0 bridgehead atoms. The van der Waals surface area contributed by atoms with E-state index in [1.807, 2.05) is 48.5 Å². The monoisotopic (exact) mass is 308 g/mol. The van der Waals surface area contributed by atoms with Crippen molar-refractivity contribution in [2.45, 2.75) is 13.5 Å². The van der Waals surface area contributed by atoms with Crippen molar-refractivity contribution in [2.24, 2.45) is 0 Å². The fourth-order valence-corrected chi connectivity index (χ4v) is 2.23. The predicted molar refractivity (Wildman–Crippen MR) is 86.9 cm³/mol. The van der Waals surface area contributed by atoms with Gasteiger partial charge in [-0.25, -0.2) is 4.98 Å². The number of aromatic nitrogens is 3. The number of carbonyl (C=O) groups excluding carboxylic acids is 1. The lowest BCUT2D eigenvalue weighted by molar-refractivity contribution is -0.114. The normalized spacial score (nSPS) is 10.3. The van der Waals surface area contributed by atoms with Crippen molar-refractivity contribution in [1.29, 1.82) is 0 Å². The van der Waals surface area contributed by atoms with E-state index in [1.54, 1.807) is 0 Å². The molecule has 3 aromatic rings. The third-order valence-corrected chi connectivity index (χ3v) is 3.20. The fraction of sp³-hybridized carbons (Fsp3) is 0.118. The molecule has 6 nitrogen and oxygen atoms in total. The number of amides is 1. The first-order valence-corrected chi connectivity index (χ1v) is 7.16.